The number of benzene rings is 1. The minimum Gasteiger partial charge on any atom is -0.497 e. The molecule has 0 fully saturated rings. The number of methoxy groups -OCH3 is 1. The zero-order valence-corrected chi connectivity index (χ0v) is 11.9. The van der Waals surface area contributed by atoms with Crippen molar-refractivity contribution in [2.75, 3.05) is 13.7 Å². The molecule has 3 nitrogen and oxygen atoms in total. The van der Waals surface area contributed by atoms with Gasteiger partial charge in [-0.05, 0) is 41.1 Å². The lowest BCUT2D eigenvalue weighted by Crippen LogP contribution is -2.02. The van der Waals surface area contributed by atoms with Crippen LogP contribution in [0.2, 0.25) is 0 Å². The van der Waals surface area contributed by atoms with Crippen LogP contribution in [0.15, 0.2) is 22.7 Å². The first-order chi connectivity index (χ1) is 8.17. The summed E-state index contributed by atoms with van der Waals surface area (Å²) in [6.45, 7) is 2.17. The normalized spacial score (nSPS) is 10.5. The molecule has 0 amide bonds. The van der Waals surface area contributed by atoms with Crippen LogP contribution in [0.3, 0.4) is 0 Å². The van der Waals surface area contributed by atoms with Crippen molar-refractivity contribution < 1.29 is 14.3 Å². The van der Waals surface area contributed by atoms with E-state index in [1.807, 2.05) is 18.2 Å². The fourth-order valence-corrected chi connectivity index (χ4v) is 3.40. The molecule has 2 rings (SSSR count). The number of carbonyl (C=O) groups excluding carboxylic acids is 1. The molecular formula is C12H11BrO3S. The third-order valence-corrected chi connectivity index (χ3v) is 4.52. The van der Waals surface area contributed by atoms with E-state index in [0.717, 1.165) is 20.3 Å². The Hall–Kier alpha value is -1.07. The molecule has 0 saturated heterocycles. The predicted octanol–water partition coefficient (Wildman–Crippen LogP) is 3.85. The fraction of sp³-hybridized carbons (Fsp3) is 0.250. The molecule has 0 atom stereocenters. The summed E-state index contributed by atoms with van der Waals surface area (Å²) in [6, 6.07) is 5.71. The molecule has 0 bridgehead atoms. The molecule has 0 aliphatic rings. The SMILES string of the molecule is CCOC(=O)c1sc2cc(OC)ccc2c1Br. The van der Waals surface area contributed by atoms with Crippen LogP contribution in [0, 0.1) is 0 Å². The number of ether oxygens (including phenoxy) is 2. The number of hydrogen-bond acceptors (Lipinski definition) is 4. The number of rotatable bonds is 3. The van der Waals surface area contributed by atoms with Crippen molar-refractivity contribution in [3.8, 4) is 5.75 Å². The molecule has 0 radical (unpaired) electrons. The lowest BCUT2D eigenvalue weighted by Gasteiger charge is -1.98. The molecule has 1 aromatic heterocycles. The Morgan fingerprint density at radius 3 is 2.88 bits per heavy atom. The van der Waals surface area contributed by atoms with E-state index in [1.54, 1.807) is 14.0 Å². The van der Waals surface area contributed by atoms with Gasteiger partial charge in [0.05, 0.1) is 18.2 Å². The molecule has 0 N–H and O–H groups in total. The van der Waals surface area contributed by atoms with E-state index in [2.05, 4.69) is 15.9 Å². The van der Waals surface area contributed by atoms with Gasteiger partial charge in [-0.1, -0.05) is 0 Å². The Morgan fingerprint density at radius 2 is 2.24 bits per heavy atom. The van der Waals surface area contributed by atoms with E-state index in [1.165, 1.54) is 11.3 Å². The molecule has 90 valence electrons. The van der Waals surface area contributed by atoms with Crippen molar-refractivity contribution in [3.05, 3.63) is 27.5 Å². The van der Waals surface area contributed by atoms with Gasteiger partial charge in [-0.2, -0.15) is 0 Å². The van der Waals surface area contributed by atoms with Gasteiger partial charge < -0.3 is 9.47 Å². The summed E-state index contributed by atoms with van der Waals surface area (Å²) >= 11 is 4.84. The largest absolute Gasteiger partial charge is 0.497 e. The monoisotopic (exact) mass is 314 g/mol. The van der Waals surface area contributed by atoms with Crippen molar-refractivity contribution in [2.45, 2.75) is 6.92 Å². The minimum absolute atomic E-state index is 0.292. The van der Waals surface area contributed by atoms with Crippen LogP contribution in [0.25, 0.3) is 10.1 Å². The van der Waals surface area contributed by atoms with Gasteiger partial charge in [-0.25, -0.2) is 4.79 Å². The Morgan fingerprint density at radius 1 is 1.47 bits per heavy atom. The second-order valence-corrected chi connectivity index (χ2v) is 5.17. The summed E-state index contributed by atoms with van der Waals surface area (Å²) in [5, 5.41) is 0.999. The summed E-state index contributed by atoms with van der Waals surface area (Å²) in [5.74, 6) is 0.487. The first-order valence-electron chi connectivity index (χ1n) is 5.10. The third kappa shape index (κ3) is 2.30. The highest BCUT2D eigenvalue weighted by Gasteiger charge is 2.17. The van der Waals surface area contributed by atoms with Gasteiger partial charge in [0.25, 0.3) is 0 Å². The topological polar surface area (TPSA) is 35.5 Å². The molecule has 0 spiro atoms. The molecule has 2 aromatic rings. The standard InChI is InChI=1S/C12H11BrO3S/c1-3-16-12(14)11-10(13)8-5-4-7(15-2)6-9(8)17-11/h4-6H,3H2,1-2H3. The fourth-order valence-electron chi connectivity index (χ4n) is 1.50. The molecular weight excluding hydrogens is 304 g/mol. The number of carbonyl (C=O) groups is 1. The predicted molar refractivity (Wildman–Crippen MR) is 72.0 cm³/mol. The summed E-state index contributed by atoms with van der Waals surface area (Å²) in [6.07, 6.45) is 0. The molecule has 0 aliphatic heterocycles. The second-order valence-electron chi connectivity index (χ2n) is 3.33. The molecule has 0 aliphatic carbocycles. The highest BCUT2D eigenvalue weighted by Crippen LogP contribution is 2.37. The van der Waals surface area contributed by atoms with Crippen LogP contribution >= 0.6 is 27.3 Å². The van der Waals surface area contributed by atoms with Crippen LogP contribution in [-0.2, 0) is 4.74 Å². The second kappa shape index (κ2) is 5.06. The van der Waals surface area contributed by atoms with Gasteiger partial charge >= 0.3 is 5.97 Å². The van der Waals surface area contributed by atoms with Crippen molar-refractivity contribution in [3.63, 3.8) is 0 Å². The van der Waals surface area contributed by atoms with E-state index in [-0.39, 0.29) is 5.97 Å². The number of esters is 1. The summed E-state index contributed by atoms with van der Waals surface area (Å²) in [4.78, 5) is 12.3. The molecule has 1 heterocycles. The first kappa shape index (κ1) is 12.4. The van der Waals surface area contributed by atoms with E-state index >= 15 is 0 Å². The Labute approximate surface area is 111 Å². The lowest BCUT2D eigenvalue weighted by molar-refractivity contribution is 0.0531. The van der Waals surface area contributed by atoms with Crippen molar-refractivity contribution in [1.29, 1.82) is 0 Å². The maximum absolute atomic E-state index is 11.7. The first-order valence-corrected chi connectivity index (χ1v) is 6.71. The maximum atomic E-state index is 11.7. The molecule has 0 saturated carbocycles. The quantitative estimate of drug-likeness (QED) is 0.807. The Kier molecular flexibility index (Phi) is 3.69. The van der Waals surface area contributed by atoms with Crippen LogP contribution in [0.5, 0.6) is 5.75 Å². The van der Waals surface area contributed by atoms with Gasteiger partial charge in [0, 0.05) is 10.1 Å². The van der Waals surface area contributed by atoms with Crippen molar-refractivity contribution in [1.82, 2.24) is 0 Å². The van der Waals surface area contributed by atoms with E-state index in [4.69, 9.17) is 9.47 Å². The smallest absolute Gasteiger partial charge is 0.349 e. The summed E-state index contributed by atoms with van der Waals surface area (Å²) < 4.78 is 11.9. The van der Waals surface area contributed by atoms with Gasteiger partial charge in [-0.3, -0.25) is 0 Å². The van der Waals surface area contributed by atoms with Crippen LogP contribution in [0.1, 0.15) is 16.6 Å². The lowest BCUT2D eigenvalue weighted by atomic mass is 10.2. The van der Waals surface area contributed by atoms with Crippen LogP contribution in [0.4, 0.5) is 0 Å². The Bertz CT molecular complexity index is 562. The van der Waals surface area contributed by atoms with Gasteiger partial charge in [-0.15, -0.1) is 11.3 Å². The zero-order chi connectivity index (χ0) is 12.4. The van der Waals surface area contributed by atoms with Gasteiger partial charge in [0.1, 0.15) is 10.6 Å². The zero-order valence-electron chi connectivity index (χ0n) is 9.45. The van der Waals surface area contributed by atoms with E-state index in [0.29, 0.717) is 11.5 Å². The van der Waals surface area contributed by atoms with Crippen LogP contribution in [-0.4, -0.2) is 19.7 Å². The highest BCUT2D eigenvalue weighted by atomic mass is 79.9. The van der Waals surface area contributed by atoms with E-state index < -0.39 is 0 Å². The highest BCUT2D eigenvalue weighted by molar-refractivity contribution is 9.10. The van der Waals surface area contributed by atoms with Crippen LogP contribution < -0.4 is 4.74 Å². The molecule has 1 aromatic carbocycles. The summed E-state index contributed by atoms with van der Waals surface area (Å²) in [7, 11) is 1.62. The number of fused-ring (bicyclic) bond motifs is 1. The maximum Gasteiger partial charge on any atom is 0.349 e. The molecule has 0 unspecified atom stereocenters. The number of halogens is 1. The number of hydrogen-bond donors (Lipinski definition) is 0. The van der Waals surface area contributed by atoms with Crippen molar-refractivity contribution >= 4 is 43.3 Å². The molecule has 5 heteroatoms. The third-order valence-electron chi connectivity index (χ3n) is 2.30. The molecule has 17 heavy (non-hydrogen) atoms. The van der Waals surface area contributed by atoms with Gasteiger partial charge in [0.2, 0.25) is 0 Å². The Balaban J connectivity index is 2.52. The van der Waals surface area contributed by atoms with E-state index in [9.17, 15) is 4.79 Å². The number of thiophene rings is 1. The minimum atomic E-state index is -0.292. The van der Waals surface area contributed by atoms with Gasteiger partial charge in [0.15, 0.2) is 0 Å². The average molecular weight is 315 g/mol. The summed E-state index contributed by atoms with van der Waals surface area (Å²) in [5.41, 5.74) is 0. The average Bonchev–Trinajstić information content (AvgIpc) is 2.66. The van der Waals surface area contributed by atoms with Crippen molar-refractivity contribution in [2.24, 2.45) is 0 Å².